The number of amides is 1. The van der Waals surface area contributed by atoms with Crippen molar-refractivity contribution in [2.24, 2.45) is 0 Å². The second-order valence-corrected chi connectivity index (χ2v) is 4.59. The number of carbonyl (C=O) groups excluding carboxylic acids is 1. The molecule has 0 aliphatic rings. The van der Waals surface area contributed by atoms with Crippen molar-refractivity contribution >= 4 is 28.9 Å². The van der Waals surface area contributed by atoms with Crippen molar-refractivity contribution in [3.8, 4) is 0 Å². The molecule has 0 saturated heterocycles. The van der Waals surface area contributed by atoms with E-state index in [4.69, 9.17) is 17.3 Å². The topological polar surface area (TPSA) is 55.1 Å². The van der Waals surface area contributed by atoms with E-state index in [9.17, 15) is 9.18 Å². The van der Waals surface area contributed by atoms with E-state index in [1.807, 2.05) is 0 Å². The molecular formula is C14H12ClFN2O. The summed E-state index contributed by atoms with van der Waals surface area (Å²) in [5.41, 5.74) is 7.25. The van der Waals surface area contributed by atoms with Crippen molar-refractivity contribution < 1.29 is 9.18 Å². The van der Waals surface area contributed by atoms with Gasteiger partial charge < -0.3 is 11.1 Å². The highest BCUT2D eigenvalue weighted by Crippen LogP contribution is 2.23. The van der Waals surface area contributed by atoms with E-state index in [-0.39, 0.29) is 5.56 Å². The van der Waals surface area contributed by atoms with Gasteiger partial charge in [0.05, 0.1) is 11.4 Å². The molecule has 0 aliphatic heterocycles. The summed E-state index contributed by atoms with van der Waals surface area (Å²) in [4.78, 5) is 11.9. The molecule has 0 saturated carbocycles. The molecule has 3 nitrogen and oxygen atoms in total. The summed E-state index contributed by atoms with van der Waals surface area (Å²) in [6.45, 7) is 1.63. The first kappa shape index (κ1) is 13.4. The molecule has 0 heterocycles. The molecule has 0 aliphatic carbocycles. The van der Waals surface area contributed by atoms with Gasteiger partial charge in [-0.3, -0.25) is 4.79 Å². The van der Waals surface area contributed by atoms with Gasteiger partial charge in [0.15, 0.2) is 0 Å². The molecule has 5 heteroatoms. The van der Waals surface area contributed by atoms with Gasteiger partial charge in [-0.25, -0.2) is 4.39 Å². The summed E-state index contributed by atoms with van der Waals surface area (Å²) < 4.78 is 13.4. The fourth-order valence-corrected chi connectivity index (χ4v) is 1.76. The molecule has 98 valence electrons. The predicted molar refractivity (Wildman–Crippen MR) is 75.0 cm³/mol. The van der Waals surface area contributed by atoms with Gasteiger partial charge in [-0.2, -0.15) is 0 Å². The summed E-state index contributed by atoms with van der Waals surface area (Å²) >= 11 is 5.77. The molecule has 0 atom stereocenters. The van der Waals surface area contributed by atoms with Gasteiger partial charge >= 0.3 is 0 Å². The number of benzene rings is 2. The molecule has 0 bridgehead atoms. The van der Waals surface area contributed by atoms with Gasteiger partial charge in [0.2, 0.25) is 0 Å². The summed E-state index contributed by atoms with van der Waals surface area (Å²) in [6.07, 6.45) is 0. The number of halogens is 2. The minimum Gasteiger partial charge on any atom is -0.397 e. The first-order chi connectivity index (χ1) is 8.97. The van der Waals surface area contributed by atoms with Gasteiger partial charge in [0.25, 0.3) is 5.91 Å². The van der Waals surface area contributed by atoms with Gasteiger partial charge in [0.1, 0.15) is 5.82 Å². The zero-order valence-electron chi connectivity index (χ0n) is 10.2. The molecule has 1 amide bonds. The average Bonchev–Trinajstić information content (AvgIpc) is 2.36. The number of nitrogen functional groups attached to an aromatic ring is 1. The molecule has 0 radical (unpaired) electrons. The minimum atomic E-state index is -0.423. The van der Waals surface area contributed by atoms with Crippen molar-refractivity contribution in [1.82, 2.24) is 0 Å². The Bertz CT molecular complexity index is 643. The standard InChI is InChI=1S/C14H12ClFN2O/c1-8-2-3-9(6-11(8)16)14(19)18-13-5-4-10(15)7-12(13)17/h2-7H,17H2,1H3,(H,18,19). The predicted octanol–water partition coefficient (Wildman–Crippen LogP) is 3.62. The van der Waals surface area contributed by atoms with Crippen LogP contribution in [0.25, 0.3) is 0 Å². The summed E-state index contributed by atoms with van der Waals surface area (Å²) in [6, 6.07) is 9.04. The Balaban J connectivity index is 2.23. The lowest BCUT2D eigenvalue weighted by Gasteiger charge is -2.09. The van der Waals surface area contributed by atoms with Crippen LogP contribution in [0, 0.1) is 12.7 Å². The number of nitrogens with two attached hydrogens (primary N) is 1. The van der Waals surface area contributed by atoms with Gasteiger partial charge in [0, 0.05) is 10.6 Å². The Kier molecular flexibility index (Phi) is 3.71. The monoisotopic (exact) mass is 278 g/mol. The largest absolute Gasteiger partial charge is 0.397 e. The van der Waals surface area contributed by atoms with Crippen LogP contribution in [0.15, 0.2) is 36.4 Å². The second-order valence-electron chi connectivity index (χ2n) is 4.15. The van der Waals surface area contributed by atoms with E-state index < -0.39 is 11.7 Å². The second kappa shape index (κ2) is 5.28. The molecule has 0 aromatic heterocycles. The molecule has 2 aromatic carbocycles. The lowest BCUT2D eigenvalue weighted by Crippen LogP contribution is -2.13. The maximum absolute atomic E-state index is 13.4. The molecule has 2 rings (SSSR count). The molecular weight excluding hydrogens is 267 g/mol. The van der Waals surface area contributed by atoms with Crippen molar-refractivity contribution in [2.75, 3.05) is 11.1 Å². The van der Waals surface area contributed by atoms with Crippen LogP contribution in [0.4, 0.5) is 15.8 Å². The van der Waals surface area contributed by atoms with Crippen LogP contribution >= 0.6 is 11.6 Å². The van der Waals surface area contributed by atoms with Gasteiger partial charge in [-0.1, -0.05) is 17.7 Å². The molecule has 19 heavy (non-hydrogen) atoms. The summed E-state index contributed by atoms with van der Waals surface area (Å²) in [5, 5.41) is 3.09. The lowest BCUT2D eigenvalue weighted by atomic mass is 10.1. The van der Waals surface area contributed by atoms with Crippen LogP contribution in [0.1, 0.15) is 15.9 Å². The fraction of sp³-hybridized carbons (Fsp3) is 0.0714. The summed E-state index contributed by atoms with van der Waals surface area (Å²) in [7, 11) is 0. The first-order valence-corrected chi connectivity index (χ1v) is 5.97. The third kappa shape index (κ3) is 3.03. The fourth-order valence-electron chi connectivity index (χ4n) is 1.58. The van der Waals surface area contributed by atoms with Crippen LogP contribution in [0.2, 0.25) is 5.02 Å². The number of hydrogen-bond donors (Lipinski definition) is 2. The average molecular weight is 279 g/mol. The maximum atomic E-state index is 13.4. The number of carbonyl (C=O) groups is 1. The molecule has 2 aromatic rings. The lowest BCUT2D eigenvalue weighted by molar-refractivity contribution is 0.102. The van der Waals surface area contributed by atoms with Crippen LogP contribution in [0.3, 0.4) is 0 Å². The molecule has 0 spiro atoms. The van der Waals surface area contributed by atoms with E-state index in [0.717, 1.165) is 0 Å². The van der Waals surface area contributed by atoms with Crippen LogP contribution in [-0.4, -0.2) is 5.91 Å². The smallest absolute Gasteiger partial charge is 0.255 e. The Morgan fingerprint density at radius 3 is 2.63 bits per heavy atom. The van der Waals surface area contributed by atoms with Crippen LogP contribution in [-0.2, 0) is 0 Å². The van der Waals surface area contributed by atoms with E-state index >= 15 is 0 Å². The maximum Gasteiger partial charge on any atom is 0.255 e. The highest BCUT2D eigenvalue weighted by molar-refractivity contribution is 6.31. The molecule has 0 unspecified atom stereocenters. The SMILES string of the molecule is Cc1ccc(C(=O)Nc2ccc(Cl)cc2N)cc1F. The number of anilines is 2. The first-order valence-electron chi connectivity index (χ1n) is 5.60. The number of aryl methyl sites for hydroxylation is 1. The Morgan fingerprint density at radius 2 is 2.00 bits per heavy atom. The summed E-state index contributed by atoms with van der Waals surface area (Å²) in [5.74, 6) is -0.843. The zero-order chi connectivity index (χ0) is 14.0. The van der Waals surface area contributed by atoms with E-state index in [0.29, 0.717) is 22.0 Å². The van der Waals surface area contributed by atoms with Crippen molar-refractivity contribution in [3.63, 3.8) is 0 Å². The normalized spacial score (nSPS) is 10.3. The van der Waals surface area contributed by atoms with E-state index in [1.165, 1.54) is 12.1 Å². The van der Waals surface area contributed by atoms with Crippen molar-refractivity contribution in [3.05, 3.63) is 58.4 Å². The van der Waals surface area contributed by atoms with Crippen molar-refractivity contribution in [2.45, 2.75) is 6.92 Å². The van der Waals surface area contributed by atoms with E-state index in [2.05, 4.69) is 5.32 Å². The third-order valence-electron chi connectivity index (χ3n) is 2.70. The van der Waals surface area contributed by atoms with Crippen LogP contribution in [0.5, 0.6) is 0 Å². The quantitative estimate of drug-likeness (QED) is 0.824. The molecule has 3 N–H and O–H groups in total. The Labute approximate surface area is 115 Å². The van der Waals surface area contributed by atoms with Crippen LogP contribution < -0.4 is 11.1 Å². The molecule has 0 fully saturated rings. The zero-order valence-corrected chi connectivity index (χ0v) is 11.0. The minimum absolute atomic E-state index is 0.234. The third-order valence-corrected chi connectivity index (χ3v) is 2.93. The van der Waals surface area contributed by atoms with Gasteiger partial charge in [-0.15, -0.1) is 0 Å². The highest BCUT2D eigenvalue weighted by Gasteiger charge is 2.10. The van der Waals surface area contributed by atoms with Gasteiger partial charge in [-0.05, 0) is 42.8 Å². The number of rotatable bonds is 2. The Morgan fingerprint density at radius 1 is 1.26 bits per heavy atom. The number of hydrogen-bond acceptors (Lipinski definition) is 2. The number of nitrogens with one attached hydrogen (secondary N) is 1. The Hall–Kier alpha value is -2.07. The van der Waals surface area contributed by atoms with E-state index in [1.54, 1.807) is 31.2 Å². The van der Waals surface area contributed by atoms with Crippen molar-refractivity contribution in [1.29, 1.82) is 0 Å². The highest BCUT2D eigenvalue weighted by atomic mass is 35.5.